The molecule has 0 aromatic heterocycles. The van der Waals surface area contributed by atoms with E-state index in [0.29, 0.717) is 19.8 Å². The number of halogens is 1. The van der Waals surface area contributed by atoms with Crippen molar-refractivity contribution in [2.45, 2.75) is 25.8 Å². The first-order chi connectivity index (χ1) is 9.65. The predicted molar refractivity (Wildman–Crippen MR) is 84.3 cm³/mol. The number of methoxy groups -OCH3 is 1. The summed E-state index contributed by atoms with van der Waals surface area (Å²) in [4.78, 5) is 0. The minimum atomic E-state index is 0.108. The lowest BCUT2D eigenvalue weighted by Gasteiger charge is -2.15. The van der Waals surface area contributed by atoms with Gasteiger partial charge in [0.25, 0.3) is 0 Å². The second kappa shape index (κ2) is 10.2. The lowest BCUT2D eigenvalue weighted by Crippen LogP contribution is -2.19. The Kier molecular flexibility index (Phi) is 8.85. The standard InChI is InChI=1S/C15H24BrNO3/c1-12(17)11-13-5-3-6-14(16)15(13)20-10-9-19-8-4-7-18-2/h3,5-6,12H,4,7-11,17H2,1-2H3. The summed E-state index contributed by atoms with van der Waals surface area (Å²) in [5, 5.41) is 0. The van der Waals surface area contributed by atoms with E-state index in [1.54, 1.807) is 7.11 Å². The molecule has 0 aliphatic rings. The largest absolute Gasteiger partial charge is 0.490 e. The zero-order valence-electron chi connectivity index (χ0n) is 12.2. The Morgan fingerprint density at radius 1 is 1.20 bits per heavy atom. The number of benzene rings is 1. The van der Waals surface area contributed by atoms with Crippen molar-refractivity contribution in [2.75, 3.05) is 33.5 Å². The van der Waals surface area contributed by atoms with Gasteiger partial charge in [0.05, 0.1) is 11.1 Å². The van der Waals surface area contributed by atoms with Crippen LogP contribution in [0.25, 0.3) is 0 Å². The monoisotopic (exact) mass is 345 g/mol. The second-order valence-electron chi connectivity index (χ2n) is 4.72. The van der Waals surface area contributed by atoms with Crippen LogP contribution in [-0.2, 0) is 15.9 Å². The second-order valence-corrected chi connectivity index (χ2v) is 5.57. The van der Waals surface area contributed by atoms with Crippen LogP contribution in [0.4, 0.5) is 0 Å². The van der Waals surface area contributed by atoms with Crippen molar-refractivity contribution >= 4 is 15.9 Å². The summed E-state index contributed by atoms with van der Waals surface area (Å²) in [6.07, 6.45) is 1.70. The van der Waals surface area contributed by atoms with Crippen molar-refractivity contribution in [1.29, 1.82) is 0 Å². The van der Waals surface area contributed by atoms with Gasteiger partial charge in [-0.2, -0.15) is 0 Å². The quantitative estimate of drug-likeness (QED) is 0.662. The topological polar surface area (TPSA) is 53.7 Å². The molecule has 114 valence electrons. The molecule has 0 aliphatic heterocycles. The van der Waals surface area contributed by atoms with E-state index in [1.807, 2.05) is 25.1 Å². The fourth-order valence-corrected chi connectivity index (χ4v) is 2.35. The van der Waals surface area contributed by atoms with Gasteiger partial charge in [-0.1, -0.05) is 12.1 Å². The van der Waals surface area contributed by atoms with Crippen LogP contribution in [0, 0.1) is 0 Å². The van der Waals surface area contributed by atoms with Crippen LogP contribution in [0.1, 0.15) is 18.9 Å². The first-order valence-electron chi connectivity index (χ1n) is 6.87. The summed E-state index contributed by atoms with van der Waals surface area (Å²) >= 11 is 3.52. The lowest BCUT2D eigenvalue weighted by molar-refractivity contribution is 0.0802. The molecule has 0 aliphatic carbocycles. The molecule has 20 heavy (non-hydrogen) atoms. The highest BCUT2D eigenvalue weighted by atomic mass is 79.9. The molecule has 1 aromatic carbocycles. The van der Waals surface area contributed by atoms with E-state index in [1.165, 1.54) is 0 Å². The minimum absolute atomic E-state index is 0.108. The third kappa shape index (κ3) is 6.70. The molecule has 0 radical (unpaired) electrons. The van der Waals surface area contributed by atoms with Gasteiger partial charge in [-0.15, -0.1) is 0 Å². The average molecular weight is 346 g/mol. The Morgan fingerprint density at radius 3 is 2.70 bits per heavy atom. The molecule has 0 saturated carbocycles. The smallest absolute Gasteiger partial charge is 0.136 e. The van der Waals surface area contributed by atoms with E-state index in [0.717, 1.165) is 35.2 Å². The van der Waals surface area contributed by atoms with E-state index in [4.69, 9.17) is 19.9 Å². The molecule has 0 fully saturated rings. The molecule has 1 rings (SSSR count). The van der Waals surface area contributed by atoms with Crippen molar-refractivity contribution in [3.05, 3.63) is 28.2 Å². The van der Waals surface area contributed by atoms with Gasteiger partial charge in [0.1, 0.15) is 12.4 Å². The first kappa shape index (κ1) is 17.4. The van der Waals surface area contributed by atoms with Crippen LogP contribution in [0.15, 0.2) is 22.7 Å². The van der Waals surface area contributed by atoms with E-state index in [9.17, 15) is 0 Å². The summed E-state index contributed by atoms with van der Waals surface area (Å²) < 4.78 is 17.2. The SMILES string of the molecule is COCCCOCCOc1c(Br)cccc1CC(C)N. The molecule has 0 spiro atoms. The Bertz CT molecular complexity index is 385. The van der Waals surface area contributed by atoms with E-state index < -0.39 is 0 Å². The molecule has 1 unspecified atom stereocenters. The van der Waals surface area contributed by atoms with Crippen molar-refractivity contribution in [3.63, 3.8) is 0 Å². The van der Waals surface area contributed by atoms with E-state index in [2.05, 4.69) is 15.9 Å². The molecule has 0 saturated heterocycles. The average Bonchev–Trinajstić information content (AvgIpc) is 2.40. The van der Waals surface area contributed by atoms with Crippen LogP contribution in [-0.4, -0.2) is 39.6 Å². The minimum Gasteiger partial charge on any atom is -0.490 e. The van der Waals surface area contributed by atoms with Crippen LogP contribution in [0.3, 0.4) is 0 Å². The third-order valence-electron chi connectivity index (χ3n) is 2.70. The fourth-order valence-electron chi connectivity index (χ4n) is 1.83. The molecule has 1 aromatic rings. The Morgan fingerprint density at radius 2 is 2.00 bits per heavy atom. The van der Waals surface area contributed by atoms with Gasteiger partial charge in [0, 0.05) is 26.4 Å². The highest BCUT2D eigenvalue weighted by Crippen LogP contribution is 2.29. The molecule has 1 atom stereocenters. The van der Waals surface area contributed by atoms with Gasteiger partial charge in [0.2, 0.25) is 0 Å². The van der Waals surface area contributed by atoms with E-state index >= 15 is 0 Å². The zero-order valence-corrected chi connectivity index (χ0v) is 13.8. The van der Waals surface area contributed by atoms with Crippen LogP contribution in [0.2, 0.25) is 0 Å². The molecular weight excluding hydrogens is 322 g/mol. The molecule has 0 bridgehead atoms. The Balaban J connectivity index is 2.38. The summed E-state index contributed by atoms with van der Waals surface area (Å²) in [5.41, 5.74) is 6.98. The number of hydrogen-bond acceptors (Lipinski definition) is 4. The molecule has 5 heteroatoms. The first-order valence-corrected chi connectivity index (χ1v) is 7.67. The van der Waals surface area contributed by atoms with Gasteiger partial charge in [-0.05, 0) is 47.3 Å². The molecule has 4 nitrogen and oxygen atoms in total. The zero-order chi connectivity index (χ0) is 14.8. The Labute approximate surface area is 129 Å². The number of nitrogens with two attached hydrogens (primary N) is 1. The van der Waals surface area contributed by atoms with Crippen LogP contribution >= 0.6 is 15.9 Å². The lowest BCUT2D eigenvalue weighted by atomic mass is 10.1. The third-order valence-corrected chi connectivity index (χ3v) is 3.33. The van der Waals surface area contributed by atoms with Crippen LogP contribution < -0.4 is 10.5 Å². The number of para-hydroxylation sites is 1. The van der Waals surface area contributed by atoms with Crippen molar-refractivity contribution < 1.29 is 14.2 Å². The molecule has 0 heterocycles. The maximum Gasteiger partial charge on any atom is 0.136 e. The Hall–Kier alpha value is -0.620. The number of rotatable bonds is 10. The number of hydrogen-bond donors (Lipinski definition) is 1. The van der Waals surface area contributed by atoms with Gasteiger partial charge in [-0.3, -0.25) is 0 Å². The van der Waals surface area contributed by atoms with Gasteiger partial charge >= 0.3 is 0 Å². The highest BCUT2D eigenvalue weighted by molar-refractivity contribution is 9.10. The predicted octanol–water partition coefficient (Wildman–Crippen LogP) is 2.77. The number of ether oxygens (including phenoxy) is 3. The van der Waals surface area contributed by atoms with Crippen molar-refractivity contribution in [1.82, 2.24) is 0 Å². The fraction of sp³-hybridized carbons (Fsp3) is 0.600. The summed E-state index contributed by atoms with van der Waals surface area (Å²) in [6.45, 7) is 4.51. The van der Waals surface area contributed by atoms with Crippen LogP contribution in [0.5, 0.6) is 5.75 Å². The highest BCUT2D eigenvalue weighted by Gasteiger charge is 2.09. The van der Waals surface area contributed by atoms with Gasteiger partial charge < -0.3 is 19.9 Å². The maximum atomic E-state index is 5.86. The maximum absolute atomic E-state index is 5.86. The molecular formula is C15H24BrNO3. The van der Waals surface area contributed by atoms with Gasteiger partial charge in [0.15, 0.2) is 0 Å². The van der Waals surface area contributed by atoms with Crippen molar-refractivity contribution in [3.8, 4) is 5.75 Å². The molecule has 0 amide bonds. The summed E-state index contributed by atoms with van der Waals surface area (Å²) in [5.74, 6) is 0.866. The summed E-state index contributed by atoms with van der Waals surface area (Å²) in [6, 6.07) is 6.12. The van der Waals surface area contributed by atoms with E-state index in [-0.39, 0.29) is 6.04 Å². The van der Waals surface area contributed by atoms with Gasteiger partial charge in [-0.25, -0.2) is 0 Å². The normalized spacial score (nSPS) is 12.4. The van der Waals surface area contributed by atoms with Crippen molar-refractivity contribution in [2.24, 2.45) is 5.73 Å². The molecule has 2 N–H and O–H groups in total. The summed E-state index contributed by atoms with van der Waals surface area (Å²) in [7, 11) is 1.69.